The van der Waals surface area contributed by atoms with Gasteiger partial charge in [0, 0.05) is 19.6 Å². The van der Waals surface area contributed by atoms with Gasteiger partial charge in [-0.1, -0.05) is 23.9 Å². The van der Waals surface area contributed by atoms with Crippen LogP contribution in [0.25, 0.3) is 11.6 Å². The number of furan rings is 1. The van der Waals surface area contributed by atoms with Gasteiger partial charge in [-0.3, -0.25) is 9.36 Å². The van der Waals surface area contributed by atoms with Crippen molar-refractivity contribution in [1.29, 1.82) is 0 Å². The van der Waals surface area contributed by atoms with Crippen molar-refractivity contribution >= 4 is 17.7 Å². The Morgan fingerprint density at radius 3 is 2.70 bits per heavy atom. The van der Waals surface area contributed by atoms with Crippen LogP contribution in [-0.4, -0.2) is 44.4 Å². The van der Waals surface area contributed by atoms with E-state index in [2.05, 4.69) is 23.4 Å². The number of amides is 1. The van der Waals surface area contributed by atoms with Crippen LogP contribution >= 0.6 is 11.8 Å². The largest absolute Gasteiger partial charge is 0.461 e. The molecule has 0 aliphatic rings. The van der Waals surface area contributed by atoms with Crippen LogP contribution in [0.5, 0.6) is 0 Å². The topological polar surface area (TPSA) is 64.2 Å². The van der Waals surface area contributed by atoms with Crippen molar-refractivity contribution in [3.8, 4) is 11.6 Å². The second-order valence-corrected chi connectivity index (χ2v) is 5.63. The summed E-state index contributed by atoms with van der Waals surface area (Å²) >= 11 is 1.37. The van der Waals surface area contributed by atoms with Gasteiger partial charge in [-0.2, -0.15) is 0 Å². The van der Waals surface area contributed by atoms with E-state index in [9.17, 15) is 4.79 Å². The minimum atomic E-state index is 0.0139. The summed E-state index contributed by atoms with van der Waals surface area (Å²) in [5.74, 6) is 1.64. The number of hydrogen-bond acceptors (Lipinski definition) is 5. The predicted octanol–water partition coefficient (Wildman–Crippen LogP) is 2.85. The van der Waals surface area contributed by atoms with E-state index in [4.69, 9.17) is 4.42 Å². The van der Waals surface area contributed by atoms with E-state index in [0.717, 1.165) is 0 Å². The van der Waals surface area contributed by atoms with Gasteiger partial charge in [0.2, 0.25) is 5.91 Å². The SMILES string of the molecule is C=CCN(CC=C)C(=O)CSc1nnc(-c2ccco2)n1CC. The smallest absolute Gasteiger partial charge is 0.233 e. The summed E-state index contributed by atoms with van der Waals surface area (Å²) in [6.45, 7) is 11.0. The fraction of sp³-hybridized carbons (Fsp3) is 0.312. The number of carbonyl (C=O) groups is 1. The molecule has 0 saturated heterocycles. The van der Waals surface area contributed by atoms with Gasteiger partial charge in [0.1, 0.15) is 0 Å². The Bertz CT molecular complexity index is 654. The Labute approximate surface area is 139 Å². The van der Waals surface area contributed by atoms with Gasteiger partial charge in [0.25, 0.3) is 0 Å². The molecule has 0 radical (unpaired) electrons. The van der Waals surface area contributed by atoms with Gasteiger partial charge in [-0.25, -0.2) is 0 Å². The molecule has 0 aliphatic heterocycles. The molecule has 0 spiro atoms. The highest BCUT2D eigenvalue weighted by Crippen LogP contribution is 2.24. The first-order valence-electron chi connectivity index (χ1n) is 7.30. The summed E-state index contributed by atoms with van der Waals surface area (Å²) in [6, 6.07) is 3.65. The molecule has 0 aliphatic carbocycles. The third-order valence-electron chi connectivity index (χ3n) is 3.15. The highest BCUT2D eigenvalue weighted by Gasteiger charge is 2.17. The highest BCUT2D eigenvalue weighted by atomic mass is 32.2. The normalized spacial score (nSPS) is 10.5. The summed E-state index contributed by atoms with van der Waals surface area (Å²) in [5, 5.41) is 9.04. The number of aromatic nitrogens is 3. The van der Waals surface area contributed by atoms with Gasteiger partial charge >= 0.3 is 0 Å². The van der Waals surface area contributed by atoms with Crippen molar-refractivity contribution < 1.29 is 9.21 Å². The first-order valence-corrected chi connectivity index (χ1v) is 8.29. The third kappa shape index (κ3) is 4.13. The molecule has 0 unspecified atom stereocenters. The molecule has 23 heavy (non-hydrogen) atoms. The van der Waals surface area contributed by atoms with Crippen LogP contribution in [0.1, 0.15) is 6.92 Å². The van der Waals surface area contributed by atoms with Crippen LogP contribution in [0.2, 0.25) is 0 Å². The lowest BCUT2D eigenvalue weighted by Crippen LogP contribution is -2.32. The van der Waals surface area contributed by atoms with Gasteiger partial charge in [0.05, 0.1) is 12.0 Å². The number of nitrogens with zero attached hydrogens (tertiary/aromatic N) is 4. The fourth-order valence-corrected chi connectivity index (χ4v) is 2.98. The summed E-state index contributed by atoms with van der Waals surface area (Å²) < 4.78 is 7.31. The maximum atomic E-state index is 12.3. The van der Waals surface area contributed by atoms with E-state index >= 15 is 0 Å². The molecule has 122 valence electrons. The van der Waals surface area contributed by atoms with Crippen LogP contribution < -0.4 is 0 Å². The predicted molar refractivity (Wildman–Crippen MR) is 91.1 cm³/mol. The maximum Gasteiger partial charge on any atom is 0.233 e. The molecular formula is C16H20N4O2S. The Hall–Kier alpha value is -2.28. The summed E-state index contributed by atoms with van der Waals surface area (Å²) in [7, 11) is 0. The molecule has 2 aromatic heterocycles. The van der Waals surface area contributed by atoms with Crippen molar-refractivity contribution in [2.75, 3.05) is 18.8 Å². The minimum absolute atomic E-state index is 0.0139. The van der Waals surface area contributed by atoms with Crippen molar-refractivity contribution in [3.05, 3.63) is 43.7 Å². The zero-order chi connectivity index (χ0) is 16.7. The molecule has 2 heterocycles. The Morgan fingerprint density at radius 2 is 2.13 bits per heavy atom. The first-order chi connectivity index (χ1) is 11.2. The van der Waals surface area contributed by atoms with Crippen molar-refractivity contribution in [1.82, 2.24) is 19.7 Å². The number of thioether (sulfide) groups is 1. The Kier molecular flexibility index (Phi) is 6.22. The third-order valence-corrected chi connectivity index (χ3v) is 4.10. The standard InChI is InChI=1S/C16H20N4O2S/c1-4-9-19(10-5-2)14(21)12-23-16-18-17-15(20(16)6-3)13-8-7-11-22-13/h4-5,7-8,11H,1-2,6,9-10,12H2,3H3. The molecule has 2 aromatic rings. The van der Waals surface area contributed by atoms with Crippen molar-refractivity contribution in [3.63, 3.8) is 0 Å². The summed E-state index contributed by atoms with van der Waals surface area (Å²) in [5.41, 5.74) is 0. The number of carbonyl (C=O) groups excluding carboxylic acids is 1. The molecular weight excluding hydrogens is 312 g/mol. The van der Waals surface area contributed by atoms with Crippen LogP contribution in [0, 0.1) is 0 Å². The second kappa shape index (κ2) is 8.38. The number of hydrogen-bond donors (Lipinski definition) is 0. The van der Waals surface area contributed by atoms with Crippen molar-refractivity contribution in [2.45, 2.75) is 18.6 Å². The molecule has 0 atom stereocenters. The van der Waals surface area contributed by atoms with Crippen LogP contribution in [0.3, 0.4) is 0 Å². The van der Waals surface area contributed by atoms with Crippen molar-refractivity contribution in [2.24, 2.45) is 0 Å². The lowest BCUT2D eigenvalue weighted by molar-refractivity contribution is -0.127. The molecule has 6 nitrogen and oxygen atoms in total. The minimum Gasteiger partial charge on any atom is -0.461 e. The highest BCUT2D eigenvalue weighted by molar-refractivity contribution is 7.99. The average Bonchev–Trinajstić information content (AvgIpc) is 3.20. The van der Waals surface area contributed by atoms with Gasteiger partial charge in [0.15, 0.2) is 16.7 Å². The van der Waals surface area contributed by atoms with Crippen LogP contribution in [-0.2, 0) is 11.3 Å². The Balaban J connectivity index is 2.07. The first kappa shape index (κ1) is 17.1. The average molecular weight is 332 g/mol. The van der Waals surface area contributed by atoms with Crippen LogP contribution in [0.4, 0.5) is 0 Å². The quantitative estimate of drug-likeness (QED) is 0.522. The lowest BCUT2D eigenvalue weighted by atomic mass is 10.4. The Morgan fingerprint density at radius 1 is 1.39 bits per heavy atom. The molecule has 0 N–H and O–H groups in total. The zero-order valence-electron chi connectivity index (χ0n) is 13.1. The van der Waals surface area contributed by atoms with E-state index in [-0.39, 0.29) is 11.7 Å². The monoisotopic (exact) mass is 332 g/mol. The second-order valence-electron chi connectivity index (χ2n) is 4.69. The number of rotatable bonds is 9. The lowest BCUT2D eigenvalue weighted by Gasteiger charge is -2.18. The molecule has 0 aromatic carbocycles. The van der Waals surface area contributed by atoms with E-state index in [1.807, 2.05) is 23.6 Å². The van der Waals surface area contributed by atoms with E-state index in [1.165, 1.54) is 11.8 Å². The summed E-state index contributed by atoms with van der Waals surface area (Å²) in [6.07, 6.45) is 5.01. The molecule has 1 amide bonds. The zero-order valence-corrected chi connectivity index (χ0v) is 14.0. The fourth-order valence-electron chi connectivity index (χ4n) is 2.08. The molecule has 0 saturated carbocycles. The summed E-state index contributed by atoms with van der Waals surface area (Å²) in [4.78, 5) is 14.0. The van der Waals surface area contributed by atoms with E-state index in [0.29, 0.717) is 36.4 Å². The van der Waals surface area contributed by atoms with Gasteiger partial charge in [-0.05, 0) is 19.1 Å². The molecule has 2 rings (SSSR count). The molecule has 7 heteroatoms. The molecule has 0 bridgehead atoms. The maximum absolute atomic E-state index is 12.3. The van der Waals surface area contributed by atoms with Gasteiger partial charge in [-0.15, -0.1) is 23.4 Å². The van der Waals surface area contributed by atoms with E-state index < -0.39 is 0 Å². The van der Waals surface area contributed by atoms with Crippen LogP contribution in [0.15, 0.2) is 53.3 Å². The molecule has 0 fully saturated rings. The van der Waals surface area contributed by atoms with E-state index in [1.54, 1.807) is 23.3 Å². The van der Waals surface area contributed by atoms with Gasteiger partial charge < -0.3 is 9.32 Å².